The molecule has 0 aromatic carbocycles. The SMILES string of the molecule is NC1[C@H](OCC2O[C@@H](O)C(N)[C@@H](O)C2O)OC(CO)C(O[C@@H]2OC(CO)C(O)[C@H](O)C2O)[C@@H]1O. The second kappa shape index (κ2) is 11.6. The molecule has 3 fully saturated rings. The highest BCUT2D eigenvalue weighted by molar-refractivity contribution is 4.96. The lowest BCUT2D eigenvalue weighted by atomic mass is 9.96. The van der Waals surface area contributed by atoms with E-state index in [1.54, 1.807) is 0 Å². The zero-order valence-electron chi connectivity index (χ0n) is 18.0. The van der Waals surface area contributed by atoms with Crippen molar-refractivity contribution in [1.82, 2.24) is 0 Å². The largest absolute Gasteiger partial charge is 0.394 e. The summed E-state index contributed by atoms with van der Waals surface area (Å²) in [4.78, 5) is 0. The van der Waals surface area contributed by atoms with Crippen LogP contribution in [0.15, 0.2) is 0 Å². The zero-order chi connectivity index (χ0) is 25.3. The van der Waals surface area contributed by atoms with Crippen LogP contribution in [-0.2, 0) is 23.7 Å². The second-order valence-corrected chi connectivity index (χ2v) is 8.55. The van der Waals surface area contributed by atoms with Crippen LogP contribution in [0.4, 0.5) is 0 Å². The number of hydrogen-bond acceptors (Lipinski definition) is 16. The third-order valence-corrected chi connectivity index (χ3v) is 6.23. The molecular formula is C18H34N2O14. The lowest BCUT2D eigenvalue weighted by molar-refractivity contribution is -0.349. The van der Waals surface area contributed by atoms with Crippen LogP contribution in [0, 0.1) is 0 Å². The summed E-state index contributed by atoms with van der Waals surface area (Å²) in [5.41, 5.74) is 11.5. The minimum Gasteiger partial charge on any atom is -0.394 e. The second-order valence-electron chi connectivity index (χ2n) is 8.55. The van der Waals surface area contributed by atoms with Crippen molar-refractivity contribution in [2.45, 2.75) is 92.0 Å². The highest BCUT2D eigenvalue weighted by Gasteiger charge is 2.51. The molecule has 13 N–H and O–H groups in total. The molecule has 3 saturated heterocycles. The van der Waals surface area contributed by atoms with Crippen molar-refractivity contribution in [2.75, 3.05) is 19.8 Å². The van der Waals surface area contributed by atoms with Crippen LogP contribution in [0.3, 0.4) is 0 Å². The lowest BCUT2D eigenvalue weighted by Crippen LogP contribution is -2.67. The minimum absolute atomic E-state index is 0.441. The van der Waals surface area contributed by atoms with Gasteiger partial charge in [0, 0.05) is 0 Å². The Hall–Kier alpha value is -0.640. The molecule has 0 amide bonds. The van der Waals surface area contributed by atoms with Crippen LogP contribution >= 0.6 is 0 Å². The maximum Gasteiger partial charge on any atom is 0.187 e. The van der Waals surface area contributed by atoms with Crippen LogP contribution in [0.5, 0.6) is 0 Å². The zero-order valence-corrected chi connectivity index (χ0v) is 18.0. The predicted octanol–water partition coefficient (Wildman–Crippen LogP) is -7.64. The van der Waals surface area contributed by atoms with Crippen LogP contribution in [0.25, 0.3) is 0 Å². The number of aliphatic hydroxyl groups excluding tert-OH is 9. The van der Waals surface area contributed by atoms with E-state index in [0.29, 0.717) is 0 Å². The van der Waals surface area contributed by atoms with Crippen molar-refractivity contribution in [3.05, 3.63) is 0 Å². The van der Waals surface area contributed by atoms with Gasteiger partial charge in [0.15, 0.2) is 18.9 Å². The Kier molecular flexibility index (Phi) is 9.54. The number of nitrogens with two attached hydrogens (primary N) is 2. The molecule has 3 aliphatic heterocycles. The summed E-state index contributed by atoms with van der Waals surface area (Å²) in [7, 11) is 0. The molecule has 0 aliphatic carbocycles. The van der Waals surface area contributed by atoms with Gasteiger partial charge in [-0.1, -0.05) is 0 Å². The standard InChI is InChI=1S/C18H34N2O14/c19-7-11(25)10(24)6(31-16(7)29)3-30-17-8(20)12(26)15(5(2-22)33-17)34-18-14(28)13(27)9(23)4(1-21)32-18/h4-18,21-29H,1-3,19-20H2/t4?,5?,6?,7?,8?,9?,10?,11-,12-,13+,14?,15?,16-,17-,18+/m1/s1. The van der Waals surface area contributed by atoms with Gasteiger partial charge in [-0.15, -0.1) is 0 Å². The van der Waals surface area contributed by atoms with Gasteiger partial charge < -0.3 is 81.1 Å². The molecule has 0 aromatic rings. The molecule has 3 aliphatic rings. The molecule has 16 heteroatoms. The fourth-order valence-corrected chi connectivity index (χ4v) is 4.03. The molecule has 0 saturated carbocycles. The summed E-state index contributed by atoms with van der Waals surface area (Å²) in [5, 5.41) is 89.4. The first-order chi connectivity index (χ1) is 16.0. The van der Waals surface area contributed by atoms with Gasteiger partial charge in [0.2, 0.25) is 0 Å². The fraction of sp³-hybridized carbons (Fsp3) is 1.00. The molecule has 0 radical (unpaired) electrons. The van der Waals surface area contributed by atoms with Gasteiger partial charge in [-0.25, -0.2) is 0 Å². The Labute approximate surface area is 193 Å². The van der Waals surface area contributed by atoms with E-state index in [0.717, 1.165) is 0 Å². The Morgan fingerprint density at radius 2 is 1.18 bits per heavy atom. The average Bonchev–Trinajstić information content (AvgIpc) is 2.83. The Morgan fingerprint density at radius 1 is 0.588 bits per heavy atom. The molecule has 200 valence electrons. The van der Waals surface area contributed by atoms with Gasteiger partial charge in [0.1, 0.15) is 61.0 Å². The summed E-state index contributed by atoms with van der Waals surface area (Å²) >= 11 is 0. The quantitative estimate of drug-likeness (QED) is 0.154. The summed E-state index contributed by atoms with van der Waals surface area (Å²) in [6, 6.07) is -2.53. The number of hydrogen-bond donors (Lipinski definition) is 11. The fourth-order valence-electron chi connectivity index (χ4n) is 4.03. The van der Waals surface area contributed by atoms with Crippen LogP contribution in [0.2, 0.25) is 0 Å². The topological polar surface area (TPSA) is 280 Å². The van der Waals surface area contributed by atoms with Crippen LogP contribution in [0.1, 0.15) is 0 Å². The molecule has 15 atom stereocenters. The third kappa shape index (κ3) is 5.52. The van der Waals surface area contributed by atoms with Gasteiger partial charge in [0.05, 0.1) is 31.9 Å². The van der Waals surface area contributed by atoms with Crippen molar-refractivity contribution in [3.8, 4) is 0 Å². The van der Waals surface area contributed by atoms with Gasteiger partial charge in [-0.3, -0.25) is 0 Å². The molecule has 3 rings (SSSR count). The van der Waals surface area contributed by atoms with Crippen molar-refractivity contribution < 1.29 is 69.6 Å². The van der Waals surface area contributed by atoms with E-state index in [1.165, 1.54) is 0 Å². The first kappa shape index (κ1) is 27.9. The third-order valence-electron chi connectivity index (χ3n) is 6.23. The van der Waals surface area contributed by atoms with Crippen molar-refractivity contribution in [1.29, 1.82) is 0 Å². The molecule has 0 bridgehead atoms. The van der Waals surface area contributed by atoms with E-state index in [2.05, 4.69) is 0 Å². The lowest BCUT2D eigenvalue weighted by Gasteiger charge is -2.46. The molecule has 0 spiro atoms. The summed E-state index contributed by atoms with van der Waals surface area (Å²) < 4.78 is 26.9. The molecule has 16 nitrogen and oxygen atoms in total. The monoisotopic (exact) mass is 502 g/mol. The van der Waals surface area contributed by atoms with Gasteiger partial charge in [-0.05, 0) is 0 Å². The Bertz CT molecular complexity index is 646. The van der Waals surface area contributed by atoms with Gasteiger partial charge in [0.25, 0.3) is 0 Å². The molecule has 34 heavy (non-hydrogen) atoms. The minimum atomic E-state index is -1.76. The highest BCUT2D eigenvalue weighted by Crippen LogP contribution is 2.29. The van der Waals surface area contributed by atoms with Gasteiger partial charge in [-0.2, -0.15) is 0 Å². The van der Waals surface area contributed by atoms with E-state index >= 15 is 0 Å². The van der Waals surface area contributed by atoms with Gasteiger partial charge >= 0.3 is 0 Å². The Morgan fingerprint density at radius 3 is 1.79 bits per heavy atom. The average molecular weight is 502 g/mol. The number of rotatable bonds is 7. The molecular weight excluding hydrogens is 468 g/mol. The normalized spacial score (nSPS) is 52.5. The molecule has 0 aromatic heterocycles. The Balaban J connectivity index is 1.63. The highest BCUT2D eigenvalue weighted by atomic mass is 16.7. The maximum absolute atomic E-state index is 10.7. The van der Waals surface area contributed by atoms with E-state index < -0.39 is 112 Å². The number of ether oxygens (including phenoxy) is 5. The van der Waals surface area contributed by atoms with E-state index in [4.69, 9.17) is 35.2 Å². The summed E-state index contributed by atoms with van der Waals surface area (Å²) in [6.07, 6.45) is -19.3. The maximum atomic E-state index is 10.7. The number of aliphatic hydroxyl groups is 9. The first-order valence-corrected chi connectivity index (χ1v) is 10.7. The van der Waals surface area contributed by atoms with Crippen LogP contribution < -0.4 is 11.5 Å². The first-order valence-electron chi connectivity index (χ1n) is 10.7. The molecule has 3 heterocycles. The summed E-state index contributed by atoms with van der Waals surface area (Å²) in [6.45, 7) is -1.85. The van der Waals surface area contributed by atoms with Crippen molar-refractivity contribution in [3.63, 3.8) is 0 Å². The van der Waals surface area contributed by atoms with E-state index in [-0.39, 0.29) is 0 Å². The smallest absolute Gasteiger partial charge is 0.187 e. The van der Waals surface area contributed by atoms with Crippen LogP contribution in [-0.4, -0.2) is 158 Å². The predicted molar refractivity (Wildman–Crippen MR) is 105 cm³/mol. The molecule has 9 unspecified atom stereocenters. The van der Waals surface area contributed by atoms with Crippen molar-refractivity contribution in [2.24, 2.45) is 11.5 Å². The van der Waals surface area contributed by atoms with E-state index in [9.17, 15) is 46.0 Å². The van der Waals surface area contributed by atoms with Crippen molar-refractivity contribution >= 4 is 0 Å². The van der Waals surface area contributed by atoms with E-state index in [1.807, 2.05) is 0 Å². The summed E-state index contributed by atoms with van der Waals surface area (Å²) in [5.74, 6) is 0.